The quantitative estimate of drug-likeness (QED) is 0.865. The lowest BCUT2D eigenvalue weighted by Gasteiger charge is -2.13. The Morgan fingerprint density at radius 2 is 1.94 bits per heavy atom. The molecule has 0 aromatic heterocycles. The lowest BCUT2D eigenvalue weighted by molar-refractivity contribution is -0.114. The lowest BCUT2D eigenvalue weighted by Crippen LogP contribution is -2.02. The molecular weight excluding hydrogens is 212 g/mol. The van der Waals surface area contributed by atoms with Gasteiger partial charge in [-0.3, -0.25) is 4.79 Å². The van der Waals surface area contributed by atoms with Crippen LogP contribution in [0.15, 0.2) is 30.3 Å². The molecule has 0 bridgehead atoms. The molecule has 1 N–H and O–H groups in total. The fraction of sp³-hybridized carbons (Fsp3) is 0.400. The minimum absolute atomic E-state index is 0.226. The van der Waals surface area contributed by atoms with Crippen molar-refractivity contribution < 1.29 is 9.90 Å². The Bertz CT molecular complexity index is 429. The van der Waals surface area contributed by atoms with E-state index in [2.05, 4.69) is 0 Å². The van der Waals surface area contributed by atoms with Gasteiger partial charge in [0.15, 0.2) is 5.78 Å². The third-order valence-electron chi connectivity index (χ3n) is 3.26. The van der Waals surface area contributed by atoms with E-state index in [4.69, 9.17) is 0 Å². The molecule has 1 aromatic carbocycles. The zero-order valence-corrected chi connectivity index (χ0v) is 10.1. The number of carbonyl (C=O) groups excluding carboxylic acids is 1. The number of carbonyl (C=O) groups is 1. The van der Waals surface area contributed by atoms with Crippen LogP contribution in [-0.4, -0.2) is 10.9 Å². The van der Waals surface area contributed by atoms with Crippen LogP contribution in [0.4, 0.5) is 0 Å². The minimum Gasteiger partial charge on any atom is -0.388 e. The second-order valence-corrected chi connectivity index (χ2v) is 4.54. The molecule has 1 aliphatic rings. The van der Waals surface area contributed by atoms with Gasteiger partial charge in [-0.05, 0) is 42.0 Å². The molecule has 0 fully saturated rings. The molecule has 0 aliphatic heterocycles. The number of allylic oxidation sites excluding steroid dienone is 2. The van der Waals surface area contributed by atoms with E-state index in [0.717, 1.165) is 36.0 Å². The molecule has 0 spiro atoms. The van der Waals surface area contributed by atoms with Crippen molar-refractivity contribution in [1.82, 2.24) is 0 Å². The molecule has 0 radical (unpaired) electrons. The van der Waals surface area contributed by atoms with Crippen LogP contribution in [0.5, 0.6) is 0 Å². The molecule has 2 nitrogen and oxygen atoms in total. The maximum atomic E-state index is 11.4. The van der Waals surface area contributed by atoms with Gasteiger partial charge >= 0.3 is 0 Å². The van der Waals surface area contributed by atoms with Gasteiger partial charge in [-0.2, -0.15) is 0 Å². The summed E-state index contributed by atoms with van der Waals surface area (Å²) in [5.74, 6) is 0.226. The minimum atomic E-state index is -0.383. The molecule has 1 atom stereocenters. The Kier molecular flexibility index (Phi) is 3.75. The van der Waals surface area contributed by atoms with Crippen LogP contribution < -0.4 is 0 Å². The summed E-state index contributed by atoms with van der Waals surface area (Å²) < 4.78 is 0. The van der Waals surface area contributed by atoms with Crippen LogP contribution in [0.2, 0.25) is 0 Å². The van der Waals surface area contributed by atoms with Crippen molar-refractivity contribution in [3.8, 4) is 0 Å². The van der Waals surface area contributed by atoms with E-state index in [9.17, 15) is 9.90 Å². The number of benzene rings is 1. The Hall–Kier alpha value is -1.41. The molecule has 1 unspecified atom stereocenters. The molecule has 0 saturated carbocycles. The molecule has 0 amide bonds. The second kappa shape index (κ2) is 5.28. The summed E-state index contributed by atoms with van der Waals surface area (Å²) in [6, 6.07) is 7.89. The van der Waals surface area contributed by atoms with Crippen LogP contribution in [0.25, 0.3) is 5.57 Å². The van der Waals surface area contributed by atoms with Crippen LogP contribution in [0.3, 0.4) is 0 Å². The fourth-order valence-corrected chi connectivity index (χ4v) is 2.17. The first-order chi connectivity index (χ1) is 8.20. The highest BCUT2D eigenvalue weighted by molar-refractivity contribution is 5.98. The lowest BCUT2D eigenvalue weighted by atomic mass is 9.92. The zero-order chi connectivity index (χ0) is 12.3. The number of ketones is 1. The van der Waals surface area contributed by atoms with Crippen molar-refractivity contribution in [3.05, 3.63) is 41.5 Å². The molecule has 2 rings (SSSR count). The summed E-state index contributed by atoms with van der Waals surface area (Å²) in [7, 11) is 0. The maximum Gasteiger partial charge on any atom is 0.155 e. The van der Waals surface area contributed by atoms with E-state index in [0.29, 0.717) is 6.42 Å². The highest BCUT2D eigenvalue weighted by Gasteiger charge is 2.12. The number of aliphatic hydroxyl groups is 1. The van der Waals surface area contributed by atoms with Gasteiger partial charge in [0.25, 0.3) is 0 Å². The summed E-state index contributed by atoms with van der Waals surface area (Å²) in [4.78, 5) is 11.4. The van der Waals surface area contributed by atoms with E-state index >= 15 is 0 Å². The summed E-state index contributed by atoms with van der Waals surface area (Å²) in [6.45, 7) is 1.96. The van der Waals surface area contributed by atoms with Crippen LogP contribution >= 0.6 is 0 Å². The summed E-state index contributed by atoms with van der Waals surface area (Å²) in [6.07, 6.45) is 4.70. The van der Waals surface area contributed by atoms with Crippen molar-refractivity contribution in [1.29, 1.82) is 0 Å². The first kappa shape index (κ1) is 12.1. The highest BCUT2D eigenvalue weighted by atomic mass is 16.3. The van der Waals surface area contributed by atoms with Crippen molar-refractivity contribution >= 4 is 11.4 Å². The van der Waals surface area contributed by atoms with Gasteiger partial charge in [0.2, 0.25) is 0 Å². The smallest absolute Gasteiger partial charge is 0.155 e. The second-order valence-electron chi connectivity index (χ2n) is 4.54. The van der Waals surface area contributed by atoms with E-state index in [1.807, 2.05) is 31.2 Å². The number of rotatable bonds is 3. The Balaban J connectivity index is 2.20. The zero-order valence-electron chi connectivity index (χ0n) is 10.1. The van der Waals surface area contributed by atoms with Crippen LogP contribution in [0.1, 0.15) is 49.8 Å². The van der Waals surface area contributed by atoms with E-state index in [-0.39, 0.29) is 11.9 Å². The summed E-state index contributed by atoms with van der Waals surface area (Å²) >= 11 is 0. The molecule has 2 heteroatoms. The number of aliphatic hydroxyl groups excluding tert-OH is 1. The molecule has 17 heavy (non-hydrogen) atoms. The molecular formula is C15H18O2. The van der Waals surface area contributed by atoms with Gasteiger partial charge in [0.05, 0.1) is 6.10 Å². The van der Waals surface area contributed by atoms with E-state index < -0.39 is 0 Å². The third-order valence-corrected chi connectivity index (χ3v) is 3.26. The van der Waals surface area contributed by atoms with Gasteiger partial charge in [0.1, 0.15) is 0 Å². The average molecular weight is 230 g/mol. The van der Waals surface area contributed by atoms with Gasteiger partial charge < -0.3 is 5.11 Å². The van der Waals surface area contributed by atoms with Crippen molar-refractivity contribution in [2.75, 3.05) is 0 Å². The van der Waals surface area contributed by atoms with Crippen LogP contribution in [-0.2, 0) is 4.79 Å². The van der Waals surface area contributed by atoms with Gasteiger partial charge in [-0.1, -0.05) is 31.2 Å². The standard InChI is InChI=1S/C15H18O2/c1-2-15(17)12-8-6-11(7-9-12)13-4-3-5-14(16)10-13/h6-10,15,17H,2-5H2,1H3. The SMILES string of the molecule is CCC(O)c1ccc(C2=CC(=O)CCC2)cc1. The first-order valence-corrected chi connectivity index (χ1v) is 6.22. The highest BCUT2D eigenvalue weighted by Crippen LogP contribution is 2.26. The predicted octanol–water partition coefficient (Wildman–Crippen LogP) is 3.27. The monoisotopic (exact) mass is 230 g/mol. The predicted molar refractivity (Wildman–Crippen MR) is 68.5 cm³/mol. The van der Waals surface area contributed by atoms with Gasteiger partial charge in [0, 0.05) is 6.42 Å². The molecule has 0 heterocycles. The fourth-order valence-electron chi connectivity index (χ4n) is 2.17. The van der Waals surface area contributed by atoms with Crippen molar-refractivity contribution in [3.63, 3.8) is 0 Å². The third kappa shape index (κ3) is 2.83. The van der Waals surface area contributed by atoms with Crippen LogP contribution in [0, 0.1) is 0 Å². The average Bonchev–Trinajstić information content (AvgIpc) is 2.38. The van der Waals surface area contributed by atoms with Crippen molar-refractivity contribution in [2.45, 2.75) is 38.7 Å². The maximum absolute atomic E-state index is 11.4. The first-order valence-electron chi connectivity index (χ1n) is 6.22. The normalized spacial score (nSPS) is 17.8. The molecule has 90 valence electrons. The van der Waals surface area contributed by atoms with Gasteiger partial charge in [-0.15, -0.1) is 0 Å². The molecule has 0 saturated heterocycles. The van der Waals surface area contributed by atoms with Crippen molar-refractivity contribution in [2.24, 2.45) is 0 Å². The Labute approximate surface area is 102 Å². The Morgan fingerprint density at radius 3 is 2.53 bits per heavy atom. The topological polar surface area (TPSA) is 37.3 Å². The van der Waals surface area contributed by atoms with E-state index in [1.165, 1.54) is 0 Å². The van der Waals surface area contributed by atoms with E-state index in [1.54, 1.807) is 6.08 Å². The molecule has 1 aromatic rings. The largest absolute Gasteiger partial charge is 0.388 e. The summed E-state index contributed by atoms with van der Waals surface area (Å²) in [5.41, 5.74) is 3.17. The summed E-state index contributed by atoms with van der Waals surface area (Å²) in [5, 5.41) is 9.70. The number of hydrogen-bond donors (Lipinski definition) is 1. The number of hydrogen-bond acceptors (Lipinski definition) is 2. The van der Waals surface area contributed by atoms with Gasteiger partial charge in [-0.25, -0.2) is 0 Å². The Morgan fingerprint density at radius 1 is 1.24 bits per heavy atom. The molecule has 1 aliphatic carbocycles.